The van der Waals surface area contributed by atoms with Crippen molar-refractivity contribution in [1.29, 1.82) is 0 Å². The van der Waals surface area contributed by atoms with E-state index >= 15 is 0 Å². The predicted molar refractivity (Wildman–Crippen MR) is 96.7 cm³/mol. The Morgan fingerprint density at radius 1 is 1.29 bits per heavy atom. The van der Waals surface area contributed by atoms with Crippen molar-refractivity contribution in [2.75, 3.05) is 19.7 Å². The van der Waals surface area contributed by atoms with Crippen LogP contribution in [0, 0.1) is 0 Å². The van der Waals surface area contributed by atoms with Gasteiger partial charge in [-0.2, -0.15) is 0 Å². The number of halogens is 2. The Hall–Kier alpha value is -1.46. The van der Waals surface area contributed by atoms with E-state index in [-0.39, 0.29) is 24.4 Å². The van der Waals surface area contributed by atoms with Gasteiger partial charge in [0.1, 0.15) is 5.75 Å². The van der Waals surface area contributed by atoms with Crippen molar-refractivity contribution < 1.29 is 14.3 Å². The van der Waals surface area contributed by atoms with E-state index in [4.69, 9.17) is 27.9 Å². The van der Waals surface area contributed by atoms with Crippen LogP contribution in [0.1, 0.15) is 33.6 Å². The van der Waals surface area contributed by atoms with Crippen LogP contribution in [0.25, 0.3) is 0 Å². The highest BCUT2D eigenvalue weighted by molar-refractivity contribution is 6.35. The number of ether oxygens (including phenoxy) is 1. The molecule has 0 aromatic heterocycles. The van der Waals surface area contributed by atoms with E-state index in [1.807, 2.05) is 20.8 Å². The minimum Gasteiger partial charge on any atom is -0.492 e. The molecule has 0 spiro atoms. The molecule has 0 heterocycles. The fraction of sp³-hybridized carbons (Fsp3) is 0.529. The second kappa shape index (κ2) is 10.4. The summed E-state index contributed by atoms with van der Waals surface area (Å²) >= 11 is 11.8. The molecule has 0 atom stereocenters. The van der Waals surface area contributed by atoms with Crippen molar-refractivity contribution in [3.63, 3.8) is 0 Å². The van der Waals surface area contributed by atoms with Gasteiger partial charge in [-0.15, -0.1) is 0 Å². The van der Waals surface area contributed by atoms with Gasteiger partial charge >= 0.3 is 0 Å². The maximum Gasteiger partial charge on any atom is 0.239 e. The highest BCUT2D eigenvalue weighted by Gasteiger charge is 2.15. The number of nitrogens with zero attached hydrogens (tertiary/aromatic N) is 1. The maximum absolute atomic E-state index is 12.2. The Morgan fingerprint density at radius 2 is 2.00 bits per heavy atom. The standard InChI is InChI=1S/C17H24Cl2N2O3/c1-4-21(11-16(22)20-12(2)3)17(23)6-5-9-24-15-8-7-13(18)10-14(15)19/h7-8,10,12H,4-6,9,11H2,1-3H3,(H,20,22). The monoisotopic (exact) mass is 374 g/mol. The molecule has 0 aliphatic rings. The molecule has 7 heteroatoms. The first-order valence-electron chi connectivity index (χ1n) is 7.98. The van der Waals surface area contributed by atoms with E-state index in [0.29, 0.717) is 41.8 Å². The third kappa shape index (κ3) is 7.41. The molecule has 0 fully saturated rings. The van der Waals surface area contributed by atoms with E-state index in [0.717, 1.165) is 0 Å². The van der Waals surface area contributed by atoms with Crippen LogP contribution in [0.5, 0.6) is 5.75 Å². The first-order valence-corrected chi connectivity index (χ1v) is 8.74. The van der Waals surface area contributed by atoms with Crippen LogP contribution in [0.2, 0.25) is 10.0 Å². The van der Waals surface area contributed by atoms with Gasteiger partial charge in [-0.1, -0.05) is 23.2 Å². The highest BCUT2D eigenvalue weighted by Crippen LogP contribution is 2.27. The van der Waals surface area contributed by atoms with Gasteiger partial charge in [0, 0.05) is 24.0 Å². The van der Waals surface area contributed by atoms with Crippen molar-refractivity contribution in [2.45, 2.75) is 39.7 Å². The molecule has 0 radical (unpaired) electrons. The van der Waals surface area contributed by atoms with E-state index in [9.17, 15) is 9.59 Å². The molecule has 0 unspecified atom stereocenters. The number of hydrogen-bond acceptors (Lipinski definition) is 3. The average molecular weight is 375 g/mol. The van der Waals surface area contributed by atoms with Crippen LogP contribution in [0.4, 0.5) is 0 Å². The topological polar surface area (TPSA) is 58.6 Å². The zero-order valence-corrected chi connectivity index (χ0v) is 15.8. The third-order valence-electron chi connectivity index (χ3n) is 3.21. The van der Waals surface area contributed by atoms with Crippen molar-refractivity contribution >= 4 is 35.0 Å². The Labute approximate surface area is 153 Å². The summed E-state index contributed by atoms with van der Waals surface area (Å²) in [7, 11) is 0. The van der Waals surface area contributed by atoms with Crippen molar-refractivity contribution in [3.05, 3.63) is 28.2 Å². The average Bonchev–Trinajstić information content (AvgIpc) is 2.49. The van der Waals surface area contributed by atoms with Crippen LogP contribution in [0.15, 0.2) is 18.2 Å². The van der Waals surface area contributed by atoms with Gasteiger partial charge in [-0.25, -0.2) is 0 Å². The normalized spacial score (nSPS) is 10.6. The molecule has 1 aromatic carbocycles. The zero-order chi connectivity index (χ0) is 18.1. The first kappa shape index (κ1) is 20.6. The molecular weight excluding hydrogens is 351 g/mol. The number of nitrogens with one attached hydrogen (secondary N) is 1. The van der Waals surface area contributed by atoms with Gasteiger partial charge in [0.25, 0.3) is 0 Å². The van der Waals surface area contributed by atoms with Crippen molar-refractivity contribution in [2.24, 2.45) is 0 Å². The lowest BCUT2D eigenvalue weighted by molar-refractivity contribution is -0.136. The van der Waals surface area contributed by atoms with Gasteiger partial charge in [-0.3, -0.25) is 9.59 Å². The fourth-order valence-electron chi connectivity index (χ4n) is 2.07. The lowest BCUT2D eigenvalue weighted by atomic mass is 10.2. The number of hydrogen-bond donors (Lipinski definition) is 1. The zero-order valence-electron chi connectivity index (χ0n) is 14.3. The van der Waals surface area contributed by atoms with Crippen LogP contribution in [-0.4, -0.2) is 42.5 Å². The van der Waals surface area contributed by atoms with Crippen LogP contribution in [-0.2, 0) is 9.59 Å². The molecule has 134 valence electrons. The minimum absolute atomic E-state index is 0.0591. The Balaban J connectivity index is 2.37. The Morgan fingerprint density at radius 3 is 2.58 bits per heavy atom. The smallest absolute Gasteiger partial charge is 0.239 e. The largest absolute Gasteiger partial charge is 0.492 e. The number of carbonyl (C=O) groups is 2. The molecule has 0 aliphatic heterocycles. The van der Waals surface area contributed by atoms with E-state index in [2.05, 4.69) is 5.32 Å². The second-order valence-electron chi connectivity index (χ2n) is 5.66. The van der Waals surface area contributed by atoms with E-state index in [1.165, 1.54) is 4.90 Å². The highest BCUT2D eigenvalue weighted by atomic mass is 35.5. The van der Waals surface area contributed by atoms with Crippen LogP contribution in [0.3, 0.4) is 0 Å². The van der Waals surface area contributed by atoms with Gasteiger partial charge in [0.15, 0.2) is 0 Å². The van der Waals surface area contributed by atoms with Crippen molar-refractivity contribution in [3.8, 4) is 5.75 Å². The fourth-order valence-corrected chi connectivity index (χ4v) is 2.54. The summed E-state index contributed by atoms with van der Waals surface area (Å²) in [4.78, 5) is 25.5. The van der Waals surface area contributed by atoms with Gasteiger partial charge in [0.05, 0.1) is 18.2 Å². The van der Waals surface area contributed by atoms with Gasteiger partial charge in [0.2, 0.25) is 11.8 Å². The second-order valence-corrected chi connectivity index (χ2v) is 6.50. The van der Waals surface area contributed by atoms with Gasteiger partial charge in [-0.05, 0) is 45.4 Å². The summed E-state index contributed by atoms with van der Waals surface area (Å²) in [6, 6.07) is 5.06. The summed E-state index contributed by atoms with van der Waals surface area (Å²) < 4.78 is 5.55. The molecule has 0 saturated heterocycles. The van der Waals surface area contributed by atoms with Crippen LogP contribution < -0.4 is 10.1 Å². The number of rotatable bonds is 9. The Kier molecular flexibility index (Phi) is 8.93. The summed E-state index contributed by atoms with van der Waals surface area (Å²) in [5.74, 6) is 0.323. The molecule has 1 aromatic rings. The van der Waals surface area contributed by atoms with E-state index < -0.39 is 0 Å². The molecule has 0 bridgehead atoms. The molecule has 1 rings (SSSR count). The summed E-state index contributed by atoms with van der Waals surface area (Å²) in [6.07, 6.45) is 0.855. The number of likely N-dealkylation sites (N-methyl/N-ethyl adjacent to an activating group) is 1. The lowest BCUT2D eigenvalue weighted by Crippen LogP contribution is -2.42. The molecule has 0 aliphatic carbocycles. The molecule has 24 heavy (non-hydrogen) atoms. The first-order chi connectivity index (χ1) is 11.3. The number of amides is 2. The quantitative estimate of drug-likeness (QED) is 0.672. The third-order valence-corrected chi connectivity index (χ3v) is 3.74. The summed E-state index contributed by atoms with van der Waals surface area (Å²) in [6.45, 7) is 6.56. The van der Waals surface area contributed by atoms with Gasteiger partial charge < -0.3 is 15.0 Å². The molecule has 5 nitrogen and oxygen atoms in total. The molecule has 1 N–H and O–H groups in total. The predicted octanol–water partition coefficient (Wildman–Crippen LogP) is 3.53. The summed E-state index contributed by atoms with van der Waals surface area (Å²) in [5.41, 5.74) is 0. The van der Waals surface area contributed by atoms with E-state index in [1.54, 1.807) is 18.2 Å². The number of carbonyl (C=O) groups excluding carboxylic acids is 2. The molecular formula is C17H24Cl2N2O3. The maximum atomic E-state index is 12.2. The summed E-state index contributed by atoms with van der Waals surface area (Å²) in [5, 5.41) is 3.76. The van der Waals surface area contributed by atoms with Crippen LogP contribution >= 0.6 is 23.2 Å². The lowest BCUT2D eigenvalue weighted by Gasteiger charge is -2.21. The molecule has 0 saturated carbocycles. The Bertz CT molecular complexity index is 565. The minimum atomic E-state index is -0.149. The number of benzene rings is 1. The molecule has 2 amide bonds. The van der Waals surface area contributed by atoms with Crippen molar-refractivity contribution in [1.82, 2.24) is 10.2 Å². The SMILES string of the molecule is CCN(CC(=O)NC(C)C)C(=O)CCCOc1ccc(Cl)cc1Cl.